The van der Waals surface area contributed by atoms with Crippen molar-refractivity contribution in [3.63, 3.8) is 0 Å². The Kier molecular flexibility index (Phi) is 2.87. The first-order chi connectivity index (χ1) is 8.48. The van der Waals surface area contributed by atoms with Gasteiger partial charge in [0.1, 0.15) is 17.8 Å². The van der Waals surface area contributed by atoms with E-state index in [0.29, 0.717) is 13.2 Å². The Morgan fingerprint density at radius 2 is 1.83 bits per heavy atom. The molecule has 4 atom stereocenters. The Labute approximate surface area is 119 Å². The molecule has 0 saturated carbocycles. The third kappa shape index (κ3) is 1.76. The van der Waals surface area contributed by atoms with Crippen LogP contribution in [0.5, 0.6) is 0 Å². The van der Waals surface area contributed by atoms with E-state index in [1.807, 2.05) is 0 Å². The van der Waals surface area contributed by atoms with Crippen molar-refractivity contribution in [3.05, 3.63) is 0 Å². The SMILES string of the molecule is ClC(Cl)(Cl)[C@@H]1O[C@@H]2OC34COP(OC3)O[C@@H]4[C@@H]2O1. The highest BCUT2D eigenvalue weighted by atomic mass is 35.6. The lowest BCUT2D eigenvalue weighted by molar-refractivity contribution is -0.242. The van der Waals surface area contributed by atoms with Crippen LogP contribution in [0.3, 0.4) is 0 Å². The second-order valence-corrected chi connectivity index (χ2v) is 8.00. The average molecular weight is 337 g/mol. The molecule has 102 valence electrons. The molecule has 0 aliphatic carbocycles. The van der Waals surface area contributed by atoms with E-state index in [1.165, 1.54) is 0 Å². The summed E-state index contributed by atoms with van der Waals surface area (Å²) < 4.78 is 31.5. The molecule has 5 rings (SSSR count). The molecule has 5 aliphatic rings. The smallest absolute Gasteiger partial charge is 0.333 e. The molecule has 0 radical (unpaired) electrons. The zero-order chi connectivity index (χ0) is 12.5. The van der Waals surface area contributed by atoms with Crippen LogP contribution in [-0.4, -0.2) is 47.4 Å². The second kappa shape index (κ2) is 4.04. The third-order valence-corrected chi connectivity index (χ3v) is 4.88. The molecule has 5 heterocycles. The van der Waals surface area contributed by atoms with Crippen LogP contribution in [-0.2, 0) is 27.8 Å². The van der Waals surface area contributed by atoms with Crippen molar-refractivity contribution in [2.75, 3.05) is 13.2 Å². The highest BCUT2D eigenvalue weighted by Crippen LogP contribution is 2.59. The van der Waals surface area contributed by atoms with Crippen molar-refractivity contribution in [1.82, 2.24) is 0 Å². The maximum Gasteiger partial charge on any atom is 0.333 e. The lowest BCUT2D eigenvalue weighted by Crippen LogP contribution is -2.57. The zero-order valence-electron chi connectivity index (χ0n) is 8.75. The standard InChI is InChI=1S/C8H8Cl3O6P/c9-8(10,11)6-14-3-4-7(16-5(3)15-6)1-12-18(17-4)13-2-7/h3-6H,1-2H2/t3-,4+,5+,6-,7?,18?/m0/s1. The van der Waals surface area contributed by atoms with Gasteiger partial charge in [0.2, 0.25) is 10.1 Å². The molecular formula is C8H8Cl3O6P. The molecule has 5 saturated heterocycles. The third-order valence-electron chi connectivity index (χ3n) is 3.27. The molecular weight excluding hydrogens is 329 g/mol. The van der Waals surface area contributed by atoms with Gasteiger partial charge in [-0.25, -0.2) is 0 Å². The number of hydrogen-bond donors (Lipinski definition) is 0. The number of hydrogen-bond acceptors (Lipinski definition) is 6. The minimum Gasteiger partial charge on any atom is -0.337 e. The minimum atomic E-state index is -1.66. The molecule has 0 aromatic carbocycles. The van der Waals surface area contributed by atoms with E-state index < -0.39 is 36.7 Å². The van der Waals surface area contributed by atoms with Gasteiger partial charge in [0.05, 0.1) is 13.2 Å². The Hall–Kier alpha value is 1.06. The van der Waals surface area contributed by atoms with Gasteiger partial charge < -0.3 is 27.8 Å². The topological polar surface area (TPSA) is 55.4 Å². The van der Waals surface area contributed by atoms with E-state index in [1.54, 1.807) is 0 Å². The lowest BCUT2D eigenvalue weighted by Gasteiger charge is -2.45. The van der Waals surface area contributed by atoms with Crippen LogP contribution in [0, 0.1) is 0 Å². The summed E-state index contributed by atoms with van der Waals surface area (Å²) in [6.07, 6.45) is -2.33. The van der Waals surface area contributed by atoms with Crippen molar-refractivity contribution in [2.24, 2.45) is 0 Å². The fourth-order valence-electron chi connectivity index (χ4n) is 2.44. The zero-order valence-corrected chi connectivity index (χ0v) is 11.9. The molecule has 1 spiro atoms. The minimum absolute atomic E-state index is 0.312. The fraction of sp³-hybridized carbons (Fsp3) is 1.00. The molecule has 5 aliphatic heterocycles. The molecule has 18 heavy (non-hydrogen) atoms. The van der Waals surface area contributed by atoms with Crippen LogP contribution >= 0.6 is 43.4 Å². The molecule has 0 aromatic heterocycles. The van der Waals surface area contributed by atoms with Gasteiger partial charge in [-0.15, -0.1) is 0 Å². The van der Waals surface area contributed by atoms with Crippen LogP contribution in [0.15, 0.2) is 0 Å². The van der Waals surface area contributed by atoms with E-state index in [9.17, 15) is 0 Å². The second-order valence-electron chi connectivity index (χ2n) is 4.46. The van der Waals surface area contributed by atoms with Crippen LogP contribution in [0.25, 0.3) is 0 Å². The summed E-state index contributed by atoms with van der Waals surface area (Å²) in [5.41, 5.74) is -0.676. The van der Waals surface area contributed by atoms with Gasteiger partial charge >= 0.3 is 8.60 Å². The van der Waals surface area contributed by atoms with Crippen LogP contribution < -0.4 is 0 Å². The van der Waals surface area contributed by atoms with Crippen LogP contribution in [0.1, 0.15) is 0 Å². The van der Waals surface area contributed by atoms with E-state index in [-0.39, 0.29) is 6.10 Å². The molecule has 10 heteroatoms. The van der Waals surface area contributed by atoms with Crippen molar-refractivity contribution >= 4 is 43.4 Å². The van der Waals surface area contributed by atoms with Crippen molar-refractivity contribution in [2.45, 2.75) is 34.2 Å². The summed E-state index contributed by atoms with van der Waals surface area (Å²) in [4.78, 5) is 0. The summed E-state index contributed by atoms with van der Waals surface area (Å²) in [7, 11) is -1.32. The number of halogens is 3. The molecule has 0 aromatic rings. The van der Waals surface area contributed by atoms with Crippen molar-refractivity contribution in [1.29, 1.82) is 0 Å². The summed E-state index contributed by atoms with van der Waals surface area (Å²) >= 11 is 17.2. The lowest BCUT2D eigenvalue weighted by atomic mass is 9.97. The van der Waals surface area contributed by atoms with Gasteiger partial charge in [0.15, 0.2) is 6.29 Å². The predicted octanol–water partition coefficient (Wildman–Crippen LogP) is 1.87. The maximum absolute atomic E-state index is 5.80. The normalized spacial score (nSPS) is 54.5. The summed E-state index contributed by atoms with van der Waals surface area (Å²) in [6, 6.07) is 0. The van der Waals surface area contributed by atoms with E-state index >= 15 is 0 Å². The molecule has 0 amide bonds. The fourth-order valence-corrected chi connectivity index (χ4v) is 4.09. The number of alkyl halides is 3. The van der Waals surface area contributed by atoms with Crippen molar-refractivity contribution in [3.8, 4) is 0 Å². The van der Waals surface area contributed by atoms with Gasteiger partial charge in [0.25, 0.3) is 0 Å². The first-order valence-corrected chi connectivity index (χ1v) is 7.49. The highest BCUT2D eigenvalue weighted by Gasteiger charge is 2.68. The Balaban J connectivity index is 1.58. The summed E-state index contributed by atoms with van der Waals surface area (Å²) in [5, 5.41) is 0. The van der Waals surface area contributed by atoms with Crippen LogP contribution in [0.2, 0.25) is 0 Å². The number of ether oxygens (including phenoxy) is 3. The molecule has 5 fully saturated rings. The quantitative estimate of drug-likeness (QED) is 0.497. The van der Waals surface area contributed by atoms with Gasteiger partial charge in [-0.2, -0.15) is 0 Å². The Bertz CT molecular complexity index is 370. The molecule has 2 bridgehead atoms. The number of fused-ring (bicyclic) bond motifs is 3. The monoisotopic (exact) mass is 336 g/mol. The largest absolute Gasteiger partial charge is 0.337 e. The highest BCUT2D eigenvalue weighted by molar-refractivity contribution is 7.41. The summed E-state index contributed by atoms with van der Waals surface area (Å²) in [6.45, 7) is 0.809. The van der Waals surface area contributed by atoms with Crippen LogP contribution in [0.4, 0.5) is 0 Å². The first-order valence-electron chi connectivity index (χ1n) is 5.26. The van der Waals surface area contributed by atoms with Gasteiger partial charge in [0, 0.05) is 0 Å². The summed E-state index contributed by atoms with van der Waals surface area (Å²) in [5.74, 6) is 0. The Morgan fingerprint density at radius 1 is 1.11 bits per heavy atom. The van der Waals surface area contributed by atoms with Gasteiger partial charge in [-0.1, -0.05) is 34.8 Å². The van der Waals surface area contributed by atoms with Gasteiger partial charge in [-0.3, -0.25) is 0 Å². The first kappa shape index (κ1) is 12.8. The van der Waals surface area contributed by atoms with E-state index in [4.69, 9.17) is 62.6 Å². The molecule has 0 N–H and O–H groups in total. The molecule has 0 unspecified atom stereocenters. The van der Waals surface area contributed by atoms with E-state index in [0.717, 1.165) is 0 Å². The average Bonchev–Trinajstić information content (AvgIpc) is 2.83. The Morgan fingerprint density at radius 3 is 2.50 bits per heavy atom. The maximum atomic E-state index is 5.80. The van der Waals surface area contributed by atoms with Gasteiger partial charge in [-0.05, 0) is 0 Å². The van der Waals surface area contributed by atoms with E-state index in [2.05, 4.69) is 0 Å². The predicted molar refractivity (Wildman–Crippen MR) is 61.3 cm³/mol. The number of rotatable bonds is 0. The molecule has 6 nitrogen and oxygen atoms in total. The van der Waals surface area contributed by atoms with Crippen molar-refractivity contribution < 1.29 is 27.8 Å².